The summed E-state index contributed by atoms with van der Waals surface area (Å²) in [5, 5.41) is 4.42. The summed E-state index contributed by atoms with van der Waals surface area (Å²) in [6.07, 6.45) is 1.83. The SMILES string of the molecule is CCCCNC(=O)C(C)N(Cc1ccc(Cl)cc1Cl)C(=O)COc1ccc(Cl)c(C)c1. The number of unbranched alkanes of at least 4 members (excludes halogenated alkanes) is 1. The number of carbonyl (C=O) groups excluding carboxylic acids is 2. The molecule has 1 atom stereocenters. The van der Waals surface area contributed by atoms with Crippen molar-refractivity contribution < 1.29 is 14.3 Å². The minimum absolute atomic E-state index is 0.153. The number of hydrogen-bond acceptors (Lipinski definition) is 3. The van der Waals surface area contributed by atoms with Gasteiger partial charge < -0.3 is 15.0 Å². The second-order valence-electron chi connectivity index (χ2n) is 7.28. The van der Waals surface area contributed by atoms with Crippen molar-refractivity contribution in [1.29, 1.82) is 0 Å². The van der Waals surface area contributed by atoms with Crippen LogP contribution in [0, 0.1) is 6.92 Å². The lowest BCUT2D eigenvalue weighted by Gasteiger charge is -2.29. The number of carbonyl (C=O) groups is 2. The highest BCUT2D eigenvalue weighted by molar-refractivity contribution is 6.35. The molecule has 1 N–H and O–H groups in total. The van der Waals surface area contributed by atoms with Gasteiger partial charge in [0.05, 0.1) is 0 Å². The Hall–Kier alpha value is -1.95. The molecular weight excluding hydrogens is 459 g/mol. The van der Waals surface area contributed by atoms with Gasteiger partial charge in [-0.25, -0.2) is 0 Å². The first-order chi connectivity index (χ1) is 14.7. The van der Waals surface area contributed by atoms with Crippen molar-refractivity contribution in [1.82, 2.24) is 10.2 Å². The van der Waals surface area contributed by atoms with Crippen LogP contribution in [0.15, 0.2) is 36.4 Å². The van der Waals surface area contributed by atoms with Crippen molar-refractivity contribution in [3.8, 4) is 5.75 Å². The normalized spacial score (nSPS) is 11.7. The zero-order valence-corrected chi connectivity index (χ0v) is 20.2. The van der Waals surface area contributed by atoms with Crippen LogP contribution < -0.4 is 10.1 Å². The van der Waals surface area contributed by atoms with Crippen molar-refractivity contribution in [2.45, 2.75) is 46.2 Å². The Morgan fingerprint density at radius 1 is 1.10 bits per heavy atom. The van der Waals surface area contributed by atoms with Crippen LogP contribution in [-0.4, -0.2) is 35.9 Å². The van der Waals surface area contributed by atoms with Crippen molar-refractivity contribution in [3.63, 3.8) is 0 Å². The number of ether oxygens (including phenoxy) is 1. The van der Waals surface area contributed by atoms with E-state index in [1.165, 1.54) is 4.90 Å². The lowest BCUT2D eigenvalue weighted by molar-refractivity contribution is -0.142. The van der Waals surface area contributed by atoms with Crippen LogP contribution >= 0.6 is 34.8 Å². The molecule has 2 rings (SSSR count). The predicted octanol–water partition coefficient (Wildman–Crippen LogP) is 5.67. The van der Waals surface area contributed by atoms with E-state index in [2.05, 4.69) is 5.32 Å². The third-order valence-electron chi connectivity index (χ3n) is 4.84. The maximum Gasteiger partial charge on any atom is 0.261 e. The molecule has 0 heterocycles. The molecule has 0 aliphatic carbocycles. The molecule has 168 valence electrons. The number of nitrogens with one attached hydrogen (secondary N) is 1. The maximum absolute atomic E-state index is 13.1. The van der Waals surface area contributed by atoms with Crippen LogP contribution in [0.5, 0.6) is 5.75 Å². The molecular formula is C23H27Cl3N2O3. The Morgan fingerprint density at radius 2 is 1.84 bits per heavy atom. The first-order valence-electron chi connectivity index (χ1n) is 10.1. The van der Waals surface area contributed by atoms with Crippen molar-refractivity contribution in [2.75, 3.05) is 13.2 Å². The second-order valence-corrected chi connectivity index (χ2v) is 8.53. The molecule has 8 heteroatoms. The van der Waals surface area contributed by atoms with E-state index in [1.807, 2.05) is 13.8 Å². The summed E-state index contributed by atoms with van der Waals surface area (Å²) in [4.78, 5) is 27.1. The average molecular weight is 486 g/mol. The number of amides is 2. The van der Waals surface area contributed by atoms with Gasteiger partial charge in [-0.3, -0.25) is 9.59 Å². The highest BCUT2D eigenvalue weighted by Gasteiger charge is 2.27. The summed E-state index contributed by atoms with van der Waals surface area (Å²) in [5.41, 5.74) is 1.54. The van der Waals surface area contributed by atoms with E-state index in [0.717, 1.165) is 18.4 Å². The number of hydrogen-bond donors (Lipinski definition) is 1. The van der Waals surface area contributed by atoms with Crippen molar-refractivity contribution in [2.24, 2.45) is 0 Å². The summed E-state index contributed by atoms with van der Waals surface area (Å²) in [6, 6.07) is 9.53. The Balaban J connectivity index is 2.17. The van der Waals surface area contributed by atoms with E-state index in [-0.39, 0.29) is 25.0 Å². The van der Waals surface area contributed by atoms with E-state index < -0.39 is 6.04 Å². The Morgan fingerprint density at radius 3 is 2.48 bits per heavy atom. The molecule has 2 amide bonds. The van der Waals surface area contributed by atoms with Crippen LogP contribution in [0.2, 0.25) is 15.1 Å². The molecule has 0 aromatic heterocycles. The molecule has 0 bridgehead atoms. The summed E-state index contributed by atoms with van der Waals surface area (Å²) >= 11 is 18.3. The number of aryl methyl sites for hydroxylation is 1. The van der Waals surface area contributed by atoms with Gasteiger partial charge in [0.2, 0.25) is 5.91 Å². The third-order valence-corrected chi connectivity index (χ3v) is 5.86. The average Bonchev–Trinajstić information content (AvgIpc) is 2.73. The first kappa shape index (κ1) is 25.3. The molecule has 31 heavy (non-hydrogen) atoms. The van der Waals surface area contributed by atoms with E-state index in [1.54, 1.807) is 43.3 Å². The minimum Gasteiger partial charge on any atom is -0.484 e. The van der Waals surface area contributed by atoms with Gasteiger partial charge in [-0.1, -0.05) is 54.2 Å². The van der Waals surface area contributed by atoms with Crippen molar-refractivity contribution in [3.05, 3.63) is 62.6 Å². The van der Waals surface area contributed by atoms with Gasteiger partial charge >= 0.3 is 0 Å². The van der Waals surface area contributed by atoms with Crippen LogP contribution in [0.3, 0.4) is 0 Å². The molecule has 1 unspecified atom stereocenters. The van der Waals surface area contributed by atoms with Gasteiger partial charge in [0.25, 0.3) is 5.91 Å². The Bertz CT molecular complexity index is 921. The lowest BCUT2D eigenvalue weighted by Crippen LogP contribution is -2.49. The highest BCUT2D eigenvalue weighted by Crippen LogP contribution is 2.24. The number of rotatable bonds is 10. The summed E-state index contributed by atoms with van der Waals surface area (Å²) in [5.74, 6) is -0.0363. The van der Waals surface area contributed by atoms with Crippen LogP contribution in [-0.2, 0) is 16.1 Å². The zero-order valence-electron chi connectivity index (χ0n) is 17.9. The first-order valence-corrected chi connectivity index (χ1v) is 11.3. The van der Waals surface area contributed by atoms with Gasteiger partial charge in [0.1, 0.15) is 11.8 Å². The molecule has 2 aromatic rings. The summed E-state index contributed by atoms with van der Waals surface area (Å²) < 4.78 is 5.66. The minimum atomic E-state index is -0.702. The molecule has 0 radical (unpaired) electrons. The largest absolute Gasteiger partial charge is 0.484 e. The predicted molar refractivity (Wildman–Crippen MR) is 126 cm³/mol. The van der Waals surface area contributed by atoms with Crippen LogP contribution in [0.25, 0.3) is 0 Å². The molecule has 0 fully saturated rings. The fourth-order valence-electron chi connectivity index (χ4n) is 2.89. The fraction of sp³-hybridized carbons (Fsp3) is 0.391. The van der Waals surface area contributed by atoms with Gasteiger partial charge in [-0.2, -0.15) is 0 Å². The monoisotopic (exact) mass is 484 g/mol. The van der Waals surface area contributed by atoms with E-state index >= 15 is 0 Å². The lowest BCUT2D eigenvalue weighted by atomic mass is 10.1. The van der Waals surface area contributed by atoms with Gasteiger partial charge in [0.15, 0.2) is 6.61 Å². The fourth-order valence-corrected chi connectivity index (χ4v) is 3.47. The number of nitrogens with zero attached hydrogens (tertiary/aromatic N) is 1. The smallest absolute Gasteiger partial charge is 0.261 e. The number of benzene rings is 2. The third kappa shape index (κ3) is 7.60. The van der Waals surface area contributed by atoms with Crippen molar-refractivity contribution >= 4 is 46.6 Å². The van der Waals surface area contributed by atoms with E-state index in [4.69, 9.17) is 39.5 Å². The standard InChI is InChI=1S/C23H27Cl3N2O3/c1-4-5-10-27-23(30)16(3)28(13-17-6-7-18(24)12-21(17)26)22(29)14-31-19-8-9-20(25)15(2)11-19/h6-9,11-12,16H,4-5,10,13-14H2,1-3H3,(H,27,30). The summed E-state index contributed by atoms with van der Waals surface area (Å²) in [6.45, 7) is 6.08. The Kier molecular flexibility index (Phi) is 9.94. The van der Waals surface area contributed by atoms with Crippen LogP contribution in [0.4, 0.5) is 0 Å². The molecule has 0 aliphatic rings. The highest BCUT2D eigenvalue weighted by atomic mass is 35.5. The molecule has 2 aromatic carbocycles. The number of halogens is 3. The molecule has 0 spiro atoms. The van der Waals surface area contributed by atoms with E-state index in [0.29, 0.717) is 32.9 Å². The topological polar surface area (TPSA) is 58.6 Å². The molecule has 0 aliphatic heterocycles. The Labute approximate surface area is 198 Å². The molecule has 0 saturated carbocycles. The molecule has 0 saturated heterocycles. The van der Waals surface area contributed by atoms with Crippen LogP contribution in [0.1, 0.15) is 37.8 Å². The summed E-state index contributed by atoms with van der Waals surface area (Å²) in [7, 11) is 0. The zero-order chi connectivity index (χ0) is 23.0. The quantitative estimate of drug-likeness (QED) is 0.441. The molecule has 5 nitrogen and oxygen atoms in total. The second kappa shape index (κ2) is 12.2. The van der Waals surface area contributed by atoms with Gasteiger partial charge in [0, 0.05) is 28.2 Å². The van der Waals surface area contributed by atoms with E-state index in [9.17, 15) is 9.59 Å². The van der Waals surface area contributed by atoms with Gasteiger partial charge in [-0.15, -0.1) is 0 Å². The maximum atomic E-state index is 13.1. The van der Waals surface area contributed by atoms with Gasteiger partial charge in [-0.05, 0) is 61.7 Å².